The maximum absolute atomic E-state index is 12.8. The topological polar surface area (TPSA) is 68.2 Å². The molecule has 2 aromatic heterocycles. The van der Waals surface area contributed by atoms with Crippen LogP contribution in [-0.2, 0) is 0 Å². The highest BCUT2D eigenvalue weighted by Crippen LogP contribution is 2.29. The Hall–Kier alpha value is -3.28. The lowest BCUT2D eigenvalue weighted by molar-refractivity contribution is 0.0705. The van der Waals surface area contributed by atoms with Crippen LogP contribution in [0, 0.1) is 6.92 Å². The summed E-state index contributed by atoms with van der Waals surface area (Å²) < 4.78 is 5.92. The Balaban J connectivity index is 1.49. The van der Waals surface area contributed by atoms with E-state index in [9.17, 15) is 4.79 Å². The van der Waals surface area contributed by atoms with Gasteiger partial charge in [0.15, 0.2) is 0 Å². The van der Waals surface area contributed by atoms with Gasteiger partial charge in [-0.25, -0.2) is 4.98 Å². The third-order valence-electron chi connectivity index (χ3n) is 4.99. The zero-order valence-corrected chi connectivity index (χ0v) is 15.8. The minimum Gasteiger partial charge on any atom is -0.437 e. The van der Waals surface area contributed by atoms with Crippen molar-refractivity contribution in [1.82, 2.24) is 19.9 Å². The molecule has 0 saturated carbocycles. The largest absolute Gasteiger partial charge is 0.437 e. The van der Waals surface area contributed by atoms with Gasteiger partial charge in [0.1, 0.15) is 5.75 Å². The highest BCUT2D eigenvalue weighted by Gasteiger charge is 2.26. The fourth-order valence-electron chi connectivity index (χ4n) is 3.47. The molecule has 28 heavy (non-hydrogen) atoms. The van der Waals surface area contributed by atoms with E-state index >= 15 is 0 Å². The van der Waals surface area contributed by atoms with Crippen molar-refractivity contribution in [3.05, 3.63) is 78.0 Å². The van der Waals surface area contributed by atoms with Crippen molar-refractivity contribution < 1.29 is 9.53 Å². The average molecular weight is 374 g/mol. The van der Waals surface area contributed by atoms with Crippen LogP contribution in [-0.4, -0.2) is 38.8 Å². The van der Waals surface area contributed by atoms with Gasteiger partial charge in [-0.3, -0.25) is 14.8 Å². The van der Waals surface area contributed by atoms with Gasteiger partial charge < -0.3 is 9.64 Å². The maximum atomic E-state index is 12.8. The van der Waals surface area contributed by atoms with Gasteiger partial charge in [0, 0.05) is 43.2 Å². The molecule has 1 aromatic carbocycles. The molecule has 1 aliphatic heterocycles. The number of aromatic nitrogens is 3. The molecule has 0 N–H and O–H groups in total. The number of pyridine rings is 1. The second kappa shape index (κ2) is 8.17. The van der Waals surface area contributed by atoms with Gasteiger partial charge in [0.25, 0.3) is 5.91 Å². The van der Waals surface area contributed by atoms with Gasteiger partial charge in [-0.05, 0) is 43.5 Å². The predicted molar refractivity (Wildman–Crippen MR) is 105 cm³/mol. The molecule has 1 atom stereocenters. The zero-order valence-electron chi connectivity index (χ0n) is 15.8. The summed E-state index contributed by atoms with van der Waals surface area (Å²) in [5.41, 5.74) is 2.57. The number of carbonyl (C=O) groups excluding carboxylic acids is 1. The molecule has 0 spiro atoms. The monoisotopic (exact) mass is 374 g/mol. The molecular formula is C22H22N4O2. The summed E-state index contributed by atoms with van der Waals surface area (Å²) in [5.74, 6) is 1.43. The summed E-state index contributed by atoms with van der Waals surface area (Å²) in [7, 11) is 0. The van der Waals surface area contributed by atoms with Gasteiger partial charge in [-0.15, -0.1) is 0 Å². The summed E-state index contributed by atoms with van der Waals surface area (Å²) in [5, 5.41) is 0. The molecule has 0 aliphatic carbocycles. The normalized spacial score (nSPS) is 16.6. The van der Waals surface area contributed by atoms with E-state index in [4.69, 9.17) is 4.74 Å². The van der Waals surface area contributed by atoms with Crippen LogP contribution < -0.4 is 4.74 Å². The second-order valence-electron chi connectivity index (χ2n) is 6.98. The Morgan fingerprint density at radius 3 is 2.75 bits per heavy atom. The molecule has 1 amide bonds. The molecule has 6 nitrogen and oxygen atoms in total. The fraction of sp³-hybridized carbons (Fsp3) is 0.273. The molecule has 0 radical (unpaired) electrons. The lowest BCUT2D eigenvalue weighted by Gasteiger charge is -2.32. The van der Waals surface area contributed by atoms with Crippen molar-refractivity contribution in [1.29, 1.82) is 0 Å². The quantitative estimate of drug-likeness (QED) is 0.691. The first-order valence-electron chi connectivity index (χ1n) is 9.45. The van der Waals surface area contributed by atoms with Crippen LogP contribution in [0.1, 0.15) is 40.4 Å². The number of piperidine rings is 1. The van der Waals surface area contributed by atoms with Crippen molar-refractivity contribution in [2.24, 2.45) is 0 Å². The van der Waals surface area contributed by atoms with Gasteiger partial charge in [0.05, 0.1) is 11.9 Å². The number of ether oxygens (including phenoxy) is 1. The number of hydrogen-bond acceptors (Lipinski definition) is 5. The lowest BCUT2D eigenvalue weighted by Crippen LogP contribution is -2.39. The van der Waals surface area contributed by atoms with Crippen molar-refractivity contribution in [2.45, 2.75) is 25.7 Å². The van der Waals surface area contributed by atoms with Crippen molar-refractivity contribution >= 4 is 5.91 Å². The van der Waals surface area contributed by atoms with Gasteiger partial charge in [-0.2, -0.15) is 0 Å². The van der Waals surface area contributed by atoms with E-state index in [0.717, 1.165) is 36.4 Å². The van der Waals surface area contributed by atoms with Crippen LogP contribution in [0.3, 0.4) is 0 Å². The molecule has 0 unspecified atom stereocenters. The van der Waals surface area contributed by atoms with Crippen molar-refractivity contribution in [2.75, 3.05) is 13.1 Å². The third kappa shape index (κ3) is 4.01. The van der Waals surface area contributed by atoms with E-state index in [2.05, 4.69) is 15.0 Å². The minimum absolute atomic E-state index is 0.0346. The van der Waals surface area contributed by atoms with E-state index in [1.807, 2.05) is 36.1 Å². The summed E-state index contributed by atoms with van der Waals surface area (Å²) in [6.07, 6.45) is 8.60. The number of para-hydroxylation sites is 1. The molecule has 4 rings (SSSR count). The van der Waals surface area contributed by atoms with Crippen LogP contribution in [0.25, 0.3) is 0 Å². The summed E-state index contributed by atoms with van der Waals surface area (Å²) in [6.45, 7) is 3.38. The number of aryl methyl sites for hydroxylation is 1. The average Bonchev–Trinajstić information content (AvgIpc) is 2.76. The Labute approximate surface area is 164 Å². The number of benzene rings is 1. The number of nitrogens with zero attached hydrogens (tertiary/aromatic N) is 4. The molecular weight excluding hydrogens is 352 g/mol. The first-order chi connectivity index (χ1) is 13.7. The second-order valence-corrected chi connectivity index (χ2v) is 6.98. The molecule has 142 valence electrons. The van der Waals surface area contributed by atoms with Crippen LogP contribution in [0.5, 0.6) is 11.6 Å². The van der Waals surface area contributed by atoms with Gasteiger partial charge in [0.2, 0.25) is 5.88 Å². The highest BCUT2D eigenvalue weighted by atomic mass is 16.5. The standard InChI is InChI=1S/C22H22N4O2/c1-16-5-2-3-7-20(16)28-21-14-24-13-19(25-21)18-6-4-12-26(15-18)22(27)17-8-10-23-11-9-17/h2-3,5,7-11,13-14,18H,4,6,12,15H2,1H3/t18-/m0/s1. The molecule has 0 bridgehead atoms. The first-order valence-corrected chi connectivity index (χ1v) is 9.45. The van der Waals surface area contributed by atoms with Crippen LogP contribution in [0.2, 0.25) is 0 Å². The number of hydrogen-bond donors (Lipinski definition) is 0. The van der Waals surface area contributed by atoms with Crippen LogP contribution in [0.15, 0.2) is 61.2 Å². The Morgan fingerprint density at radius 2 is 1.93 bits per heavy atom. The van der Waals surface area contributed by atoms with Crippen molar-refractivity contribution in [3.8, 4) is 11.6 Å². The van der Waals surface area contributed by atoms with E-state index in [1.165, 1.54) is 0 Å². The molecule has 3 heterocycles. The van der Waals surface area contributed by atoms with Gasteiger partial charge >= 0.3 is 0 Å². The minimum atomic E-state index is 0.0346. The molecule has 1 saturated heterocycles. The first kappa shape index (κ1) is 18.1. The predicted octanol–water partition coefficient (Wildman–Crippen LogP) is 3.99. The van der Waals surface area contributed by atoms with E-state index in [1.54, 1.807) is 36.9 Å². The fourth-order valence-corrected chi connectivity index (χ4v) is 3.47. The van der Waals surface area contributed by atoms with Crippen LogP contribution >= 0.6 is 0 Å². The number of rotatable bonds is 4. The molecule has 3 aromatic rings. The Bertz CT molecular complexity index is 962. The van der Waals surface area contributed by atoms with E-state index in [0.29, 0.717) is 18.0 Å². The highest BCUT2D eigenvalue weighted by molar-refractivity contribution is 5.94. The number of amides is 1. The van der Waals surface area contributed by atoms with E-state index in [-0.39, 0.29) is 11.8 Å². The van der Waals surface area contributed by atoms with Crippen LogP contribution in [0.4, 0.5) is 0 Å². The maximum Gasteiger partial charge on any atom is 0.253 e. The third-order valence-corrected chi connectivity index (χ3v) is 4.99. The zero-order chi connectivity index (χ0) is 19.3. The summed E-state index contributed by atoms with van der Waals surface area (Å²) >= 11 is 0. The number of likely N-dealkylation sites (tertiary alicyclic amines) is 1. The summed E-state index contributed by atoms with van der Waals surface area (Å²) in [6, 6.07) is 11.3. The smallest absolute Gasteiger partial charge is 0.253 e. The lowest BCUT2D eigenvalue weighted by atomic mass is 9.94. The molecule has 1 fully saturated rings. The SMILES string of the molecule is Cc1ccccc1Oc1cncc([C@H]2CCCN(C(=O)c3ccncc3)C2)n1. The summed E-state index contributed by atoms with van der Waals surface area (Å²) in [4.78, 5) is 27.6. The van der Waals surface area contributed by atoms with Gasteiger partial charge in [-0.1, -0.05) is 18.2 Å². The van der Waals surface area contributed by atoms with Crippen molar-refractivity contribution in [3.63, 3.8) is 0 Å². The Kier molecular flexibility index (Phi) is 5.28. The molecule has 6 heteroatoms. The Morgan fingerprint density at radius 1 is 1.11 bits per heavy atom. The van der Waals surface area contributed by atoms with E-state index < -0.39 is 0 Å². The molecule has 1 aliphatic rings. The number of carbonyl (C=O) groups is 1.